The molecule has 1 N–H and O–H groups in total. The molecule has 0 bridgehead atoms. The number of ether oxygens (including phenoxy) is 2. The smallest absolute Gasteiger partial charge is 0.216 e. The highest BCUT2D eigenvalue weighted by molar-refractivity contribution is 6.02. The Hall–Kier alpha value is -1.90. The maximum Gasteiger partial charge on any atom is 0.216 e. The van der Waals surface area contributed by atoms with E-state index in [2.05, 4.69) is 0 Å². The summed E-state index contributed by atoms with van der Waals surface area (Å²) in [7, 11) is 0. The van der Waals surface area contributed by atoms with Gasteiger partial charge in [0.05, 0.1) is 6.61 Å². The van der Waals surface area contributed by atoms with E-state index in [0.29, 0.717) is 18.1 Å². The number of benzene rings is 2. The highest BCUT2D eigenvalue weighted by atomic mass is 16.6. The van der Waals surface area contributed by atoms with Crippen LogP contribution in [0.2, 0.25) is 0 Å². The molecule has 1 heterocycles. The summed E-state index contributed by atoms with van der Waals surface area (Å²) < 4.78 is 10.9. The molecule has 2 aromatic rings. The molecule has 0 aliphatic carbocycles. The van der Waals surface area contributed by atoms with Crippen LogP contribution in [0.3, 0.4) is 0 Å². The predicted molar refractivity (Wildman–Crippen MR) is 61.5 cm³/mol. The van der Waals surface area contributed by atoms with Gasteiger partial charge >= 0.3 is 0 Å². The van der Waals surface area contributed by atoms with Gasteiger partial charge in [0, 0.05) is 10.8 Å². The van der Waals surface area contributed by atoms with Crippen LogP contribution in [0.25, 0.3) is 10.8 Å². The SMILES string of the molecule is CCCOc1c(O)c2c(c3ccccc13)O2. The van der Waals surface area contributed by atoms with Crippen molar-refractivity contribution in [3.8, 4) is 23.0 Å². The standard InChI is InChI=1S/C13H12O3/c1-2-7-15-11-8-5-3-4-6-9(8)12-13(16-12)10(11)14/h3-6,14H,2,7H2,1H3. The van der Waals surface area contributed by atoms with E-state index in [1.165, 1.54) is 0 Å². The molecular formula is C13H12O3. The van der Waals surface area contributed by atoms with E-state index in [9.17, 15) is 5.11 Å². The highest BCUT2D eigenvalue weighted by Gasteiger charge is 2.32. The zero-order valence-corrected chi connectivity index (χ0v) is 8.99. The first kappa shape index (κ1) is 9.33. The van der Waals surface area contributed by atoms with Gasteiger partial charge in [-0.3, -0.25) is 0 Å². The lowest BCUT2D eigenvalue weighted by molar-refractivity contribution is 0.302. The third kappa shape index (κ3) is 1.21. The topological polar surface area (TPSA) is 42.0 Å². The van der Waals surface area contributed by atoms with Gasteiger partial charge in [0.15, 0.2) is 11.5 Å². The first-order valence-electron chi connectivity index (χ1n) is 5.41. The van der Waals surface area contributed by atoms with Crippen LogP contribution in [0, 0.1) is 0 Å². The summed E-state index contributed by atoms with van der Waals surface area (Å²) in [4.78, 5) is 0. The van der Waals surface area contributed by atoms with Gasteiger partial charge in [0.25, 0.3) is 0 Å². The van der Waals surface area contributed by atoms with Crippen molar-refractivity contribution in [1.82, 2.24) is 0 Å². The Morgan fingerprint density at radius 3 is 2.69 bits per heavy atom. The van der Waals surface area contributed by atoms with Crippen molar-refractivity contribution in [3.63, 3.8) is 0 Å². The lowest BCUT2D eigenvalue weighted by Crippen LogP contribution is -1.95. The van der Waals surface area contributed by atoms with E-state index in [1.807, 2.05) is 31.2 Å². The van der Waals surface area contributed by atoms with Crippen molar-refractivity contribution in [2.24, 2.45) is 0 Å². The van der Waals surface area contributed by atoms with E-state index in [1.54, 1.807) is 0 Å². The number of hydrogen-bond donors (Lipinski definition) is 1. The number of phenols is 1. The molecule has 3 rings (SSSR count). The van der Waals surface area contributed by atoms with Crippen LogP contribution in [0.4, 0.5) is 0 Å². The second kappa shape index (κ2) is 3.30. The van der Waals surface area contributed by atoms with Gasteiger partial charge in [-0.05, 0) is 6.42 Å². The Morgan fingerprint density at radius 1 is 1.19 bits per heavy atom. The van der Waals surface area contributed by atoms with Crippen LogP contribution in [0.5, 0.6) is 23.0 Å². The molecule has 0 fully saturated rings. The molecule has 1 aliphatic rings. The van der Waals surface area contributed by atoms with E-state index in [4.69, 9.17) is 9.47 Å². The minimum Gasteiger partial charge on any atom is -0.502 e. The Kier molecular flexibility index (Phi) is 1.93. The fourth-order valence-corrected chi connectivity index (χ4v) is 1.87. The quantitative estimate of drug-likeness (QED) is 0.682. The molecule has 3 heteroatoms. The molecule has 0 spiro atoms. The lowest BCUT2D eigenvalue weighted by Gasteiger charge is -2.07. The average Bonchev–Trinajstić information content (AvgIpc) is 3.09. The van der Waals surface area contributed by atoms with Gasteiger partial charge < -0.3 is 14.6 Å². The maximum absolute atomic E-state index is 9.92. The van der Waals surface area contributed by atoms with Gasteiger partial charge in [-0.15, -0.1) is 0 Å². The molecule has 16 heavy (non-hydrogen) atoms. The minimum atomic E-state index is 0.127. The van der Waals surface area contributed by atoms with Gasteiger partial charge in [-0.25, -0.2) is 0 Å². The highest BCUT2D eigenvalue weighted by Crippen LogP contribution is 2.61. The third-order valence-corrected chi connectivity index (χ3v) is 2.67. The number of hydrogen-bond acceptors (Lipinski definition) is 3. The molecular weight excluding hydrogens is 204 g/mol. The second-order valence-electron chi connectivity index (χ2n) is 3.83. The van der Waals surface area contributed by atoms with Crippen LogP contribution in [0.1, 0.15) is 13.3 Å². The average molecular weight is 216 g/mol. The normalized spacial score (nSPS) is 12.1. The maximum atomic E-state index is 9.92. The van der Waals surface area contributed by atoms with Crippen molar-refractivity contribution >= 4 is 10.8 Å². The number of fused-ring (bicyclic) bond motifs is 3. The molecule has 0 aromatic heterocycles. The molecule has 0 atom stereocenters. The molecule has 0 saturated carbocycles. The van der Waals surface area contributed by atoms with Crippen LogP contribution in [-0.4, -0.2) is 11.7 Å². The summed E-state index contributed by atoms with van der Waals surface area (Å²) in [6.45, 7) is 2.63. The predicted octanol–water partition coefficient (Wildman–Crippen LogP) is 3.44. The van der Waals surface area contributed by atoms with Crippen molar-refractivity contribution in [2.75, 3.05) is 6.61 Å². The zero-order chi connectivity index (χ0) is 11.1. The number of rotatable bonds is 3. The van der Waals surface area contributed by atoms with Crippen molar-refractivity contribution in [1.29, 1.82) is 0 Å². The number of phenolic OH excluding ortho intramolecular Hbond substituents is 1. The first-order chi connectivity index (χ1) is 7.83. The van der Waals surface area contributed by atoms with E-state index < -0.39 is 0 Å². The Bertz CT molecular complexity index is 561. The summed E-state index contributed by atoms with van der Waals surface area (Å²) >= 11 is 0. The fourth-order valence-electron chi connectivity index (χ4n) is 1.87. The third-order valence-electron chi connectivity index (χ3n) is 2.67. The van der Waals surface area contributed by atoms with Crippen molar-refractivity contribution < 1.29 is 14.6 Å². The van der Waals surface area contributed by atoms with Gasteiger partial charge in [0.1, 0.15) is 0 Å². The fraction of sp³-hybridized carbons (Fsp3) is 0.231. The van der Waals surface area contributed by atoms with Crippen LogP contribution >= 0.6 is 0 Å². The summed E-state index contributed by atoms with van der Waals surface area (Å²) in [5.74, 6) is 2.00. The summed E-state index contributed by atoms with van der Waals surface area (Å²) in [6.07, 6.45) is 0.908. The molecule has 0 unspecified atom stereocenters. The minimum absolute atomic E-state index is 0.127. The molecule has 1 aliphatic heterocycles. The van der Waals surface area contributed by atoms with Crippen molar-refractivity contribution in [2.45, 2.75) is 13.3 Å². The van der Waals surface area contributed by atoms with E-state index in [0.717, 1.165) is 22.9 Å². The van der Waals surface area contributed by atoms with Crippen LogP contribution in [0.15, 0.2) is 24.3 Å². The monoisotopic (exact) mass is 216 g/mol. The van der Waals surface area contributed by atoms with Gasteiger partial charge in [-0.1, -0.05) is 31.2 Å². The molecule has 0 amide bonds. The Balaban J connectivity index is 2.22. The van der Waals surface area contributed by atoms with Crippen LogP contribution in [-0.2, 0) is 0 Å². The number of aromatic hydroxyl groups is 1. The summed E-state index contributed by atoms with van der Waals surface area (Å²) in [5.41, 5.74) is 0. The Morgan fingerprint density at radius 2 is 1.94 bits per heavy atom. The molecule has 3 nitrogen and oxygen atoms in total. The summed E-state index contributed by atoms with van der Waals surface area (Å²) in [6, 6.07) is 7.78. The molecule has 0 saturated heterocycles. The van der Waals surface area contributed by atoms with Crippen LogP contribution < -0.4 is 9.47 Å². The second-order valence-corrected chi connectivity index (χ2v) is 3.83. The summed E-state index contributed by atoms with van der Waals surface area (Å²) in [5, 5.41) is 11.8. The molecule has 0 radical (unpaired) electrons. The van der Waals surface area contributed by atoms with E-state index >= 15 is 0 Å². The Labute approximate surface area is 93.2 Å². The molecule has 82 valence electrons. The van der Waals surface area contributed by atoms with Gasteiger partial charge in [0.2, 0.25) is 11.5 Å². The lowest BCUT2D eigenvalue weighted by atomic mass is 10.1. The largest absolute Gasteiger partial charge is 0.502 e. The molecule has 2 aromatic carbocycles. The van der Waals surface area contributed by atoms with E-state index in [-0.39, 0.29) is 5.75 Å². The first-order valence-corrected chi connectivity index (χ1v) is 5.41. The van der Waals surface area contributed by atoms with Crippen molar-refractivity contribution in [3.05, 3.63) is 24.3 Å². The van der Waals surface area contributed by atoms with Gasteiger partial charge in [-0.2, -0.15) is 0 Å². The zero-order valence-electron chi connectivity index (χ0n) is 8.99.